The van der Waals surface area contributed by atoms with Crippen LogP contribution in [-0.4, -0.2) is 72.5 Å². The lowest BCUT2D eigenvalue weighted by Gasteiger charge is -2.36. The SMILES string of the molecule is C#CCN(CC#C)CC(O)CN1CC(C)OC(C)C1. The zero-order valence-corrected chi connectivity index (χ0v) is 11.9. The van der Waals surface area contributed by atoms with Crippen molar-refractivity contribution in [1.29, 1.82) is 0 Å². The van der Waals surface area contributed by atoms with E-state index < -0.39 is 6.10 Å². The molecule has 1 saturated heterocycles. The van der Waals surface area contributed by atoms with Crippen LogP contribution >= 0.6 is 0 Å². The summed E-state index contributed by atoms with van der Waals surface area (Å²) in [7, 11) is 0. The Morgan fingerprint density at radius 2 is 1.79 bits per heavy atom. The van der Waals surface area contributed by atoms with Crippen molar-refractivity contribution in [1.82, 2.24) is 9.80 Å². The maximum Gasteiger partial charge on any atom is 0.0794 e. The van der Waals surface area contributed by atoms with Crippen LogP contribution in [0.15, 0.2) is 0 Å². The Hall–Kier alpha value is -1.04. The number of aliphatic hydroxyl groups excluding tert-OH is 1. The quantitative estimate of drug-likeness (QED) is 0.687. The van der Waals surface area contributed by atoms with Gasteiger partial charge in [0.2, 0.25) is 0 Å². The molecule has 4 nitrogen and oxygen atoms in total. The Bertz CT molecular complexity index is 319. The highest BCUT2D eigenvalue weighted by Crippen LogP contribution is 2.11. The molecule has 0 aromatic rings. The molecule has 0 amide bonds. The molecule has 19 heavy (non-hydrogen) atoms. The fourth-order valence-electron chi connectivity index (χ4n) is 2.53. The van der Waals surface area contributed by atoms with Gasteiger partial charge in [-0.05, 0) is 13.8 Å². The highest BCUT2D eigenvalue weighted by molar-refractivity contribution is 4.95. The van der Waals surface area contributed by atoms with Crippen LogP contribution in [0, 0.1) is 24.7 Å². The molecule has 0 radical (unpaired) electrons. The summed E-state index contributed by atoms with van der Waals surface area (Å²) < 4.78 is 5.67. The second kappa shape index (κ2) is 8.19. The van der Waals surface area contributed by atoms with Crippen LogP contribution in [0.3, 0.4) is 0 Å². The van der Waals surface area contributed by atoms with E-state index in [9.17, 15) is 5.11 Å². The summed E-state index contributed by atoms with van der Waals surface area (Å²) in [4.78, 5) is 4.13. The van der Waals surface area contributed by atoms with Crippen molar-refractivity contribution >= 4 is 0 Å². The first kappa shape index (κ1) is 16.0. The van der Waals surface area contributed by atoms with E-state index in [1.165, 1.54) is 0 Å². The summed E-state index contributed by atoms with van der Waals surface area (Å²) in [6.45, 7) is 7.89. The van der Waals surface area contributed by atoms with E-state index in [2.05, 4.69) is 30.6 Å². The van der Waals surface area contributed by atoms with Gasteiger partial charge in [-0.1, -0.05) is 11.8 Å². The van der Waals surface area contributed by atoms with E-state index in [-0.39, 0.29) is 12.2 Å². The molecular weight excluding hydrogens is 240 g/mol. The molecule has 1 aliphatic heterocycles. The monoisotopic (exact) mass is 264 g/mol. The zero-order valence-electron chi connectivity index (χ0n) is 11.9. The van der Waals surface area contributed by atoms with E-state index in [1.54, 1.807) is 0 Å². The number of β-amino-alcohol motifs (C(OH)–C–C–N with tert-alkyl or cyclic N) is 1. The third-order valence-electron chi connectivity index (χ3n) is 3.06. The van der Waals surface area contributed by atoms with Gasteiger partial charge in [-0.2, -0.15) is 0 Å². The van der Waals surface area contributed by atoms with Gasteiger partial charge in [0.1, 0.15) is 0 Å². The fraction of sp³-hybridized carbons (Fsp3) is 0.733. The fourth-order valence-corrected chi connectivity index (χ4v) is 2.53. The smallest absolute Gasteiger partial charge is 0.0794 e. The van der Waals surface area contributed by atoms with Crippen LogP contribution in [0.1, 0.15) is 13.8 Å². The van der Waals surface area contributed by atoms with E-state index >= 15 is 0 Å². The Morgan fingerprint density at radius 1 is 1.26 bits per heavy atom. The first-order valence-electron chi connectivity index (χ1n) is 6.70. The first-order chi connectivity index (χ1) is 9.05. The number of rotatable bonds is 6. The molecule has 0 spiro atoms. The lowest BCUT2D eigenvalue weighted by atomic mass is 10.2. The number of nitrogens with zero attached hydrogens (tertiary/aromatic N) is 2. The highest BCUT2D eigenvalue weighted by Gasteiger charge is 2.24. The molecule has 3 unspecified atom stereocenters. The summed E-state index contributed by atoms with van der Waals surface area (Å²) in [5.41, 5.74) is 0. The normalized spacial score (nSPS) is 25.8. The number of ether oxygens (including phenoxy) is 1. The number of terminal acetylenes is 2. The number of morpholine rings is 1. The average Bonchev–Trinajstić information content (AvgIpc) is 2.27. The Kier molecular flexibility index (Phi) is 6.91. The van der Waals surface area contributed by atoms with Crippen LogP contribution in [0.25, 0.3) is 0 Å². The summed E-state index contributed by atoms with van der Waals surface area (Å²) in [5, 5.41) is 10.1. The van der Waals surface area contributed by atoms with E-state index in [4.69, 9.17) is 17.6 Å². The Balaban J connectivity index is 2.39. The maximum atomic E-state index is 10.1. The first-order valence-corrected chi connectivity index (χ1v) is 6.70. The predicted octanol–water partition coefficient (Wildman–Crippen LogP) is 0.0249. The van der Waals surface area contributed by atoms with Crippen molar-refractivity contribution in [2.24, 2.45) is 0 Å². The van der Waals surface area contributed by atoms with Crippen LogP contribution in [-0.2, 0) is 4.74 Å². The second-order valence-electron chi connectivity index (χ2n) is 5.21. The molecule has 0 saturated carbocycles. The van der Waals surface area contributed by atoms with Crippen molar-refractivity contribution in [2.75, 3.05) is 39.3 Å². The van der Waals surface area contributed by atoms with Gasteiger partial charge < -0.3 is 9.84 Å². The van der Waals surface area contributed by atoms with Gasteiger partial charge >= 0.3 is 0 Å². The molecule has 1 aliphatic rings. The molecule has 1 fully saturated rings. The van der Waals surface area contributed by atoms with Crippen molar-refractivity contribution in [2.45, 2.75) is 32.2 Å². The highest BCUT2D eigenvalue weighted by atomic mass is 16.5. The second-order valence-corrected chi connectivity index (χ2v) is 5.21. The maximum absolute atomic E-state index is 10.1. The number of aliphatic hydroxyl groups is 1. The minimum absolute atomic E-state index is 0.212. The van der Waals surface area contributed by atoms with Gasteiger partial charge in [-0.3, -0.25) is 9.80 Å². The van der Waals surface area contributed by atoms with Crippen molar-refractivity contribution in [3.63, 3.8) is 0 Å². The molecule has 0 bridgehead atoms. The third-order valence-corrected chi connectivity index (χ3v) is 3.06. The van der Waals surface area contributed by atoms with E-state index in [1.807, 2.05) is 4.90 Å². The zero-order chi connectivity index (χ0) is 14.3. The molecule has 0 aliphatic carbocycles. The van der Waals surface area contributed by atoms with E-state index in [0.29, 0.717) is 26.2 Å². The summed E-state index contributed by atoms with van der Waals surface area (Å²) in [6.07, 6.45) is 10.6. The van der Waals surface area contributed by atoms with Crippen molar-refractivity contribution in [3.8, 4) is 24.7 Å². The molecule has 106 valence electrons. The lowest BCUT2D eigenvalue weighted by molar-refractivity contribution is -0.0776. The van der Waals surface area contributed by atoms with Gasteiger partial charge in [0, 0.05) is 26.2 Å². The van der Waals surface area contributed by atoms with E-state index in [0.717, 1.165) is 13.1 Å². The van der Waals surface area contributed by atoms with Crippen molar-refractivity contribution in [3.05, 3.63) is 0 Å². The molecule has 0 aromatic carbocycles. The lowest BCUT2D eigenvalue weighted by Crippen LogP contribution is -2.49. The topological polar surface area (TPSA) is 35.9 Å². The standard InChI is InChI=1S/C15H24N2O2/c1-5-7-16(8-6-2)11-15(18)12-17-9-13(3)19-14(4)10-17/h1-2,13-15,18H,7-12H2,3-4H3. The Labute approximate surface area is 116 Å². The van der Waals surface area contributed by atoms with Crippen LogP contribution in [0.5, 0.6) is 0 Å². The third kappa shape index (κ3) is 6.09. The van der Waals surface area contributed by atoms with Crippen LogP contribution in [0.2, 0.25) is 0 Å². The molecule has 4 heteroatoms. The summed E-state index contributed by atoms with van der Waals surface area (Å²) in [6, 6.07) is 0. The van der Waals surface area contributed by atoms with Gasteiger partial charge in [0.05, 0.1) is 31.4 Å². The number of hydrogen-bond acceptors (Lipinski definition) is 4. The molecule has 1 N–H and O–H groups in total. The largest absolute Gasteiger partial charge is 0.390 e. The van der Waals surface area contributed by atoms with Gasteiger partial charge in [-0.25, -0.2) is 0 Å². The molecule has 3 atom stereocenters. The summed E-state index contributed by atoms with van der Waals surface area (Å²) in [5.74, 6) is 5.12. The predicted molar refractivity (Wildman–Crippen MR) is 76.6 cm³/mol. The van der Waals surface area contributed by atoms with Crippen LogP contribution < -0.4 is 0 Å². The average molecular weight is 264 g/mol. The van der Waals surface area contributed by atoms with Crippen molar-refractivity contribution < 1.29 is 9.84 Å². The Morgan fingerprint density at radius 3 is 2.26 bits per heavy atom. The molecular formula is C15H24N2O2. The van der Waals surface area contributed by atoms with Gasteiger partial charge in [0.25, 0.3) is 0 Å². The minimum Gasteiger partial charge on any atom is -0.390 e. The molecule has 1 rings (SSSR count). The number of hydrogen-bond donors (Lipinski definition) is 1. The minimum atomic E-state index is -0.445. The van der Waals surface area contributed by atoms with Gasteiger partial charge in [-0.15, -0.1) is 12.8 Å². The van der Waals surface area contributed by atoms with Gasteiger partial charge in [0.15, 0.2) is 0 Å². The molecule has 0 aromatic heterocycles. The van der Waals surface area contributed by atoms with Crippen LogP contribution in [0.4, 0.5) is 0 Å². The summed E-state index contributed by atoms with van der Waals surface area (Å²) >= 11 is 0. The molecule has 1 heterocycles.